The van der Waals surface area contributed by atoms with Crippen molar-refractivity contribution in [3.05, 3.63) is 65.2 Å². The summed E-state index contributed by atoms with van der Waals surface area (Å²) in [7, 11) is 1.56. The van der Waals surface area contributed by atoms with Crippen molar-refractivity contribution in [3.63, 3.8) is 0 Å². The van der Waals surface area contributed by atoms with Crippen molar-refractivity contribution >= 4 is 11.9 Å². The van der Waals surface area contributed by atoms with Gasteiger partial charge in [0.05, 0.1) is 7.11 Å². The quantitative estimate of drug-likeness (QED) is 0.832. The average molecular weight is 313 g/mol. The number of rotatable bonds is 6. The number of nitrogens with one attached hydrogen (secondary N) is 1. The molecule has 0 bridgehead atoms. The molecule has 0 unspecified atom stereocenters. The van der Waals surface area contributed by atoms with Gasteiger partial charge in [0.25, 0.3) is 5.91 Å². The fourth-order valence-corrected chi connectivity index (χ4v) is 1.98. The topological polar surface area (TPSA) is 64.6 Å². The monoisotopic (exact) mass is 313 g/mol. The van der Waals surface area contributed by atoms with E-state index < -0.39 is 5.97 Å². The van der Waals surface area contributed by atoms with Crippen LogP contribution in [-0.4, -0.2) is 25.5 Å². The molecule has 2 aromatic carbocycles. The van der Waals surface area contributed by atoms with E-state index in [9.17, 15) is 9.59 Å². The first-order chi connectivity index (χ1) is 11.1. The molecule has 0 aliphatic carbocycles. The van der Waals surface area contributed by atoms with E-state index in [4.69, 9.17) is 9.47 Å². The number of carbonyl (C=O) groups excluding carboxylic acids is 2. The minimum atomic E-state index is -0.477. The van der Waals surface area contributed by atoms with Gasteiger partial charge in [-0.15, -0.1) is 0 Å². The van der Waals surface area contributed by atoms with Crippen molar-refractivity contribution < 1.29 is 19.1 Å². The van der Waals surface area contributed by atoms with Gasteiger partial charge >= 0.3 is 5.97 Å². The van der Waals surface area contributed by atoms with Gasteiger partial charge in [0, 0.05) is 5.56 Å². The van der Waals surface area contributed by atoms with Gasteiger partial charge in [-0.3, -0.25) is 9.59 Å². The zero-order chi connectivity index (χ0) is 16.7. The smallest absolute Gasteiger partial charge is 0.325 e. The lowest BCUT2D eigenvalue weighted by Gasteiger charge is -2.08. The lowest BCUT2D eigenvalue weighted by molar-refractivity contribution is -0.143. The van der Waals surface area contributed by atoms with Gasteiger partial charge in [0.2, 0.25) is 0 Å². The lowest BCUT2D eigenvalue weighted by atomic mass is 10.1. The van der Waals surface area contributed by atoms with Crippen LogP contribution in [0.3, 0.4) is 0 Å². The molecule has 5 nitrogen and oxygen atoms in total. The van der Waals surface area contributed by atoms with E-state index in [1.165, 1.54) is 0 Å². The molecule has 0 aromatic heterocycles. The van der Waals surface area contributed by atoms with E-state index >= 15 is 0 Å². The van der Waals surface area contributed by atoms with E-state index in [1.807, 2.05) is 31.2 Å². The summed E-state index contributed by atoms with van der Waals surface area (Å²) in [6.07, 6.45) is 0. The molecular formula is C18H19NO4. The molecule has 0 aliphatic rings. The number of carbonyl (C=O) groups is 2. The van der Waals surface area contributed by atoms with Gasteiger partial charge in [0.1, 0.15) is 18.9 Å². The summed E-state index contributed by atoms with van der Waals surface area (Å²) >= 11 is 0. The van der Waals surface area contributed by atoms with Crippen LogP contribution in [-0.2, 0) is 16.1 Å². The Kier molecular flexibility index (Phi) is 5.74. The van der Waals surface area contributed by atoms with Crippen LogP contribution in [0.2, 0.25) is 0 Å². The summed E-state index contributed by atoms with van der Waals surface area (Å²) in [5, 5.41) is 2.53. The van der Waals surface area contributed by atoms with E-state index in [0.717, 1.165) is 11.1 Å². The van der Waals surface area contributed by atoms with Crippen LogP contribution in [0.5, 0.6) is 5.75 Å². The Morgan fingerprint density at radius 2 is 1.74 bits per heavy atom. The van der Waals surface area contributed by atoms with Crippen molar-refractivity contribution in [1.29, 1.82) is 0 Å². The Bertz CT molecular complexity index is 680. The fraction of sp³-hybridized carbons (Fsp3) is 0.222. The van der Waals surface area contributed by atoms with Gasteiger partial charge < -0.3 is 14.8 Å². The maximum atomic E-state index is 11.9. The molecule has 2 rings (SSSR count). The summed E-state index contributed by atoms with van der Waals surface area (Å²) in [6.45, 7) is 1.98. The van der Waals surface area contributed by atoms with Gasteiger partial charge in [-0.2, -0.15) is 0 Å². The van der Waals surface area contributed by atoms with Crippen molar-refractivity contribution in [2.75, 3.05) is 13.7 Å². The SMILES string of the molecule is COc1ccc(C(=O)NCC(=O)OCc2ccccc2C)cc1. The number of hydrogen-bond donors (Lipinski definition) is 1. The van der Waals surface area contributed by atoms with Crippen LogP contribution in [0.25, 0.3) is 0 Å². The Balaban J connectivity index is 1.79. The summed E-state index contributed by atoms with van der Waals surface area (Å²) in [4.78, 5) is 23.6. The highest BCUT2D eigenvalue weighted by Crippen LogP contribution is 2.11. The number of aryl methyl sites for hydroxylation is 1. The number of esters is 1. The molecule has 120 valence electrons. The van der Waals surface area contributed by atoms with Crippen LogP contribution in [0.15, 0.2) is 48.5 Å². The molecule has 0 aliphatic heterocycles. The minimum Gasteiger partial charge on any atom is -0.497 e. The van der Waals surface area contributed by atoms with Crippen LogP contribution >= 0.6 is 0 Å². The van der Waals surface area contributed by atoms with Crippen LogP contribution < -0.4 is 10.1 Å². The third-order valence-electron chi connectivity index (χ3n) is 3.40. The second-order valence-corrected chi connectivity index (χ2v) is 5.00. The minimum absolute atomic E-state index is 0.170. The first kappa shape index (κ1) is 16.5. The molecule has 1 amide bonds. The molecule has 0 atom stereocenters. The molecule has 0 fully saturated rings. The number of hydrogen-bond acceptors (Lipinski definition) is 4. The van der Waals surface area contributed by atoms with Crippen LogP contribution in [0, 0.1) is 6.92 Å². The molecular weight excluding hydrogens is 294 g/mol. The van der Waals surface area contributed by atoms with Gasteiger partial charge in [-0.05, 0) is 42.3 Å². The fourth-order valence-electron chi connectivity index (χ4n) is 1.98. The first-order valence-corrected chi connectivity index (χ1v) is 7.22. The Morgan fingerprint density at radius 1 is 1.04 bits per heavy atom. The zero-order valence-corrected chi connectivity index (χ0v) is 13.2. The highest BCUT2D eigenvalue weighted by molar-refractivity contribution is 5.96. The first-order valence-electron chi connectivity index (χ1n) is 7.22. The Hall–Kier alpha value is -2.82. The average Bonchev–Trinajstić information content (AvgIpc) is 2.59. The third kappa shape index (κ3) is 4.85. The normalized spacial score (nSPS) is 10.0. The number of methoxy groups -OCH3 is 1. The summed E-state index contributed by atoms with van der Waals surface area (Å²) in [6, 6.07) is 14.3. The molecule has 5 heteroatoms. The van der Waals surface area contributed by atoms with Crippen molar-refractivity contribution in [2.45, 2.75) is 13.5 Å². The second kappa shape index (κ2) is 7.98. The Morgan fingerprint density at radius 3 is 2.39 bits per heavy atom. The van der Waals surface area contributed by atoms with Gasteiger partial charge in [0.15, 0.2) is 0 Å². The largest absolute Gasteiger partial charge is 0.497 e. The molecule has 23 heavy (non-hydrogen) atoms. The number of ether oxygens (including phenoxy) is 2. The maximum Gasteiger partial charge on any atom is 0.325 e. The number of amides is 1. The molecule has 0 saturated heterocycles. The lowest BCUT2D eigenvalue weighted by Crippen LogP contribution is -2.30. The van der Waals surface area contributed by atoms with E-state index in [-0.39, 0.29) is 19.1 Å². The van der Waals surface area contributed by atoms with Crippen LogP contribution in [0.4, 0.5) is 0 Å². The number of benzene rings is 2. The van der Waals surface area contributed by atoms with Crippen molar-refractivity contribution in [2.24, 2.45) is 0 Å². The molecule has 1 N–H and O–H groups in total. The van der Waals surface area contributed by atoms with E-state index in [2.05, 4.69) is 5.32 Å². The molecule has 0 saturated carbocycles. The predicted molar refractivity (Wildman–Crippen MR) is 86.3 cm³/mol. The van der Waals surface area contributed by atoms with Crippen molar-refractivity contribution in [3.8, 4) is 5.75 Å². The third-order valence-corrected chi connectivity index (χ3v) is 3.40. The second-order valence-electron chi connectivity index (χ2n) is 5.00. The molecule has 0 radical (unpaired) electrons. The summed E-state index contributed by atoms with van der Waals surface area (Å²) in [5.41, 5.74) is 2.46. The summed E-state index contributed by atoms with van der Waals surface area (Å²) in [5.74, 6) is -0.144. The summed E-state index contributed by atoms with van der Waals surface area (Å²) < 4.78 is 10.2. The van der Waals surface area contributed by atoms with E-state index in [1.54, 1.807) is 31.4 Å². The zero-order valence-electron chi connectivity index (χ0n) is 13.2. The molecule has 0 heterocycles. The highest BCUT2D eigenvalue weighted by atomic mass is 16.5. The predicted octanol–water partition coefficient (Wildman–Crippen LogP) is 2.48. The van der Waals surface area contributed by atoms with Gasteiger partial charge in [-0.25, -0.2) is 0 Å². The molecule has 0 spiro atoms. The van der Waals surface area contributed by atoms with E-state index in [0.29, 0.717) is 11.3 Å². The Labute approximate surface area is 135 Å². The highest BCUT2D eigenvalue weighted by Gasteiger charge is 2.09. The van der Waals surface area contributed by atoms with Gasteiger partial charge in [-0.1, -0.05) is 24.3 Å². The van der Waals surface area contributed by atoms with Crippen LogP contribution in [0.1, 0.15) is 21.5 Å². The standard InChI is InChI=1S/C18H19NO4/c1-13-5-3-4-6-15(13)12-23-17(20)11-19-18(21)14-7-9-16(22-2)10-8-14/h3-10H,11-12H2,1-2H3,(H,19,21). The maximum absolute atomic E-state index is 11.9. The molecule has 2 aromatic rings. The van der Waals surface area contributed by atoms with Crippen molar-refractivity contribution in [1.82, 2.24) is 5.32 Å².